The molecule has 204 valence electrons. The molecule has 0 unspecified atom stereocenters. The maximum absolute atomic E-state index is 13.2. The quantitative estimate of drug-likeness (QED) is 0.192. The van der Waals surface area contributed by atoms with E-state index in [1.165, 1.54) is 29.1 Å². The first-order chi connectivity index (χ1) is 18.1. The van der Waals surface area contributed by atoms with E-state index >= 15 is 0 Å². The molecule has 0 saturated carbocycles. The maximum Gasteiger partial charge on any atom is 0.416 e. The van der Waals surface area contributed by atoms with Gasteiger partial charge in [-0.2, -0.15) is 26.3 Å². The number of pyridine rings is 1. The Balaban J connectivity index is 1.66. The van der Waals surface area contributed by atoms with Crippen LogP contribution in [-0.2, 0) is 12.4 Å². The Hall–Kier alpha value is -4.69. The monoisotopic (exact) mass is 550 g/mol. The molecule has 0 bridgehead atoms. The van der Waals surface area contributed by atoms with E-state index in [0.29, 0.717) is 23.5 Å². The molecular weight excluding hydrogens is 530 g/mol. The zero-order valence-electron chi connectivity index (χ0n) is 20.2. The van der Waals surface area contributed by atoms with Crippen molar-refractivity contribution in [3.63, 3.8) is 0 Å². The molecule has 0 atom stereocenters. The molecular formula is C24H20F6N8O. The van der Waals surface area contributed by atoms with Gasteiger partial charge in [0.1, 0.15) is 29.3 Å². The average Bonchev–Trinajstić information content (AvgIpc) is 3.25. The van der Waals surface area contributed by atoms with Crippen LogP contribution in [0.5, 0.6) is 0 Å². The van der Waals surface area contributed by atoms with Crippen LogP contribution in [0.25, 0.3) is 5.65 Å². The fraction of sp³-hybridized carbons (Fsp3) is 0.208. The minimum atomic E-state index is -5.07. The molecule has 4 aromatic rings. The maximum atomic E-state index is 13.2. The van der Waals surface area contributed by atoms with Crippen molar-refractivity contribution in [3.05, 3.63) is 77.0 Å². The number of rotatable bonds is 6. The van der Waals surface area contributed by atoms with Gasteiger partial charge < -0.3 is 16.4 Å². The Bertz CT molecular complexity index is 1540. The molecule has 0 aliphatic rings. The summed E-state index contributed by atoms with van der Waals surface area (Å²) in [5.41, 5.74) is 2.71. The highest BCUT2D eigenvalue weighted by atomic mass is 19.4. The lowest BCUT2D eigenvalue weighted by molar-refractivity contribution is -0.143. The number of nitrogens with zero attached hydrogens (tertiary/aromatic N) is 4. The highest BCUT2D eigenvalue weighted by molar-refractivity contribution is 6.16. The van der Waals surface area contributed by atoms with Gasteiger partial charge in [-0.1, -0.05) is 0 Å². The summed E-state index contributed by atoms with van der Waals surface area (Å²) < 4.78 is 80.2. The van der Waals surface area contributed by atoms with Gasteiger partial charge in [0, 0.05) is 23.5 Å². The number of nitrogen functional groups attached to an aromatic ring is 1. The van der Waals surface area contributed by atoms with Gasteiger partial charge in [0.15, 0.2) is 0 Å². The highest BCUT2D eigenvalue weighted by Crippen LogP contribution is 2.37. The molecule has 0 radical (unpaired) electrons. The molecule has 3 heterocycles. The standard InChI is InChI=1S/C24H20F6N8O/c1-11(2)36-21-18(20(32)34-10-35-21)19(31)12-3-4-38-16(9-33-17(38)5-12)22(39)37-15-7-13(23(25,26)27)6-14(8-15)24(28,29)30/h3-11,31H,1-2H3,(H,37,39)(H3,32,34,35,36). The topological polar surface area (TPSA) is 134 Å². The van der Waals surface area contributed by atoms with Crippen LogP contribution in [0.15, 0.2) is 49.1 Å². The van der Waals surface area contributed by atoms with Crippen molar-refractivity contribution in [3.8, 4) is 0 Å². The van der Waals surface area contributed by atoms with Crippen LogP contribution in [0.3, 0.4) is 0 Å². The third-order valence-corrected chi connectivity index (χ3v) is 5.43. The number of halogens is 6. The minimum Gasteiger partial charge on any atom is -0.383 e. The Labute approximate surface area is 216 Å². The van der Waals surface area contributed by atoms with E-state index in [9.17, 15) is 31.1 Å². The number of imidazole rings is 1. The van der Waals surface area contributed by atoms with Gasteiger partial charge in [-0.3, -0.25) is 14.6 Å². The number of anilines is 3. The fourth-order valence-corrected chi connectivity index (χ4v) is 3.70. The zero-order valence-corrected chi connectivity index (χ0v) is 20.2. The van der Waals surface area contributed by atoms with Crippen LogP contribution in [0.1, 0.15) is 46.6 Å². The van der Waals surface area contributed by atoms with Gasteiger partial charge in [0.05, 0.1) is 28.6 Å². The zero-order chi connectivity index (χ0) is 28.7. The number of nitrogens with one attached hydrogen (secondary N) is 3. The average molecular weight is 550 g/mol. The number of benzene rings is 1. The van der Waals surface area contributed by atoms with Crippen LogP contribution in [0.2, 0.25) is 0 Å². The van der Waals surface area contributed by atoms with Crippen LogP contribution >= 0.6 is 0 Å². The molecule has 1 aromatic carbocycles. The number of hydrogen-bond donors (Lipinski definition) is 4. The van der Waals surface area contributed by atoms with E-state index in [-0.39, 0.29) is 40.5 Å². The molecule has 4 rings (SSSR count). The number of aromatic nitrogens is 4. The summed E-state index contributed by atoms with van der Waals surface area (Å²) >= 11 is 0. The third-order valence-electron chi connectivity index (χ3n) is 5.43. The second-order valence-corrected chi connectivity index (χ2v) is 8.69. The highest BCUT2D eigenvalue weighted by Gasteiger charge is 2.37. The smallest absolute Gasteiger partial charge is 0.383 e. The van der Waals surface area contributed by atoms with E-state index < -0.39 is 35.1 Å². The predicted octanol–water partition coefficient (Wildman–Crippen LogP) is 5.23. The van der Waals surface area contributed by atoms with E-state index in [4.69, 9.17) is 11.1 Å². The number of fused-ring (bicyclic) bond motifs is 1. The first kappa shape index (κ1) is 27.3. The van der Waals surface area contributed by atoms with Crippen molar-refractivity contribution in [1.29, 1.82) is 5.41 Å². The molecule has 39 heavy (non-hydrogen) atoms. The summed E-state index contributed by atoms with van der Waals surface area (Å²) in [5.74, 6) is -0.604. The molecule has 0 fully saturated rings. The lowest BCUT2D eigenvalue weighted by atomic mass is 10.0. The summed E-state index contributed by atoms with van der Waals surface area (Å²) in [5, 5.41) is 13.8. The molecule has 0 aliphatic carbocycles. The Morgan fingerprint density at radius 1 is 1.00 bits per heavy atom. The molecule has 9 nitrogen and oxygen atoms in total. The first-order valence-electron chi connectivity index (χ1n) is 11.2. The van der Waals surface area contributed by atoms with Crippen LogP contribution in [0.4, 0.5) is 43.7 Å². The molecule has 5 N–H and O–H groups in total. The normalized spacial score (nSPS) is 12.1. The molecule has 0 aliphatic heterocycles. The summed E-state index contributed by atoms with van der Waals surface area (Å²) in [6.07, 6.45) is -6.40. The van der Waals surface area contributed by atoms with Crippen molar-refractivity contribution in [2.75, 3.05) is 16.4 Å². The summed E-state index contributed by atoms with van der Waals surface area (Å²) in [7, 11) is 0. The van der Waals surface area contributed by atoms with E-state index in [2.05, 4.69) is 25.6 Å². The largest absolute Gasteiger partial charge is 0.416 e. The first-order valence-corrected chi connectivity index (χ1v) is 11.2. The molecule has 1 amide bonds. The van der Waals surface area contributed by atoms with Gasteiger partial charge in [0.25, 0.3) is 5.91 Å². The molecule has 0 spiro atoms. The number of hydrogen-bond acceptors (Lipinski definition) is 7. The minimum absolute atomic E-state index is 0.0225. The Morgan fingerprint density at radius 2 is 1.64 bits per heavy atom. The van der Waals surface area contributed by atoms with E-state index in [1.807, 2.05) is 13.8 Å². The summed E-state index contributed by atoms with van der Waals surface area (Å²) in [4.78, 5) is 25.0. The Morgan fingerprint density at radius 3 is 2.23 bits per heavy atom. The number of carbonyl (C=O) groups is 1. The molecule has 0 saturated heterocycles. The van der Waals surface area contributed by atoms with Gasteiger partial charge in [-0.15, -0.1) is 0 Å². The van der Waals surface area contributed by atoms with Crippen molar-refractivity contribution in [2.45, 2.75) is 32.2 Å². The lowest BCUT2D eigenvalue weighted by Gasteiger charge is -2.16. The second-order valence-electron chi connectivity index (χ2n) is 8.69. The van der Waals surface area contributed by atoms with Gasteiger partial charge >= 0.3 is 12.4 Å². The number of nitrogens with two attached hydrogens (primary N) is 1. The van der Waals surface area contributed by atoms with Crippen LogP contribution in [0, 0.1) is 5.41 Å². The second kappa shape index (κ2) is 9.89. The Kier molecular flexibility index (Phi) is 6.93. The molecule has 15 heteroatoms. The van der Waals surface area contributed by atoms with Gasteiger partial charge in [0.2, 0.25) is 0 Å². The number of carbonyl (C=O) groups excluding carboxylic acids is 1. The number of amides is 1. The van der Waals surface area contributed by atoms with E-state index in [1.54, 1.807) is 0 Å². The van der Waals surface area contributed by atoms with Crippen molar-refractivity contribution >= 4 is 34.6 Å². The molecule has 3 aromatic heterocycles. The number of alkyl halides is 6. The van der Waals surface area contributed by atoms with Crippen molar-refractivity contribution < 1.29 is 31.1 Å². The van der Waals surface area contributed by atoms with Gasteiger partial charge in [-0.05, 0) is 44.2 Å². The van der Waals surface area contributed by atoms with Crippen LogP contribution in [-0.4, -0.2) is 37.0 Å². The third kappa shape index (κ3) is 5.76. The van der Waals surface area contributed by atoms with Gasteiger partial charge in [-0.25, -0.2) is 15.0 Å². The van der Waals surface area contributed by atoms with E-state index in [0.717, 1.165) is 6.20 Å². The lowest BCUT2D eigenvalue weighted by Crippen LogP contribution is -2.18. The summed E-state index contributed by atoms with van der Waals surface area (Å²) in [6, 6.07) is 3.68. The van der Waals surface area contributed by atoms with Crippen LogP contribution < -0.4 is 16.4 Å². The van der Waals surface area contributed by atoms with Crippen molar-refractivity contribution in [1.82, 2.24) is 19.4 Å². The SMILES string of the molecule is CC(C)Nc1ncnc(N)c1C(=N)c1ccn2c(C(=O)Nc3cc(C(F)(F)F)cc(C(F)(F)F)c3)cnc2c1. The predicted molar refractivity (Wildman–Crippen MR) is 131 cm³/mol. The summed E-state index contributed by atoms with van der Waals surface area (Å²) in [6.45, 7) is 3.75. The fourth-order valence-electron chi connectivity index (χ4n) is 3.70. The van der Waals surface area contributed by atoms with Crippen molar-refractivity contribution in [2.24, 2.45) is 0 Å².